The van der Waals surface area contributed by atoms with Gasteiger partial charge in [0.15, 0.2) is 0 Å². The molecule has 2 aromatic rings. The number of aromatic nitrogens is 3. The Bertz CT molecular complexity index is 602. The highest BCUT2D eigenvalue weighted by molar-refractivity contribution is 5.78. The van der Waals surface area contributed by atoms with Crippen molar-refractivity contribution in [1.29, 1.82) is 0 Å². The van der Waals surface area contributed by atoms with Gasteiger partial charge in [-0.25, -0.2) is 0 Å². The van der Waals surface area contributed by atoms with Crippen LogP contribution in [0.4, 0.5) is 0 Å². The van der Waals surface area contributed by atoms with Gasteiger partial charge in [-0.05, 0) is 31.0 Å². The van der Waals surface area contributed by atoms with E-state index in [4.69, 9.17) is 0 Å². The van der Waals surface area contributed by atoms with E-state index in [1.807, 2.05) is 35.1 Å². The molecular formula is C17H22N4O. The van der Waals surface area contributed by atoms with E-state index >= 15 is 0 Å². The SMILES string of the molecule is O=C(NCCn1ccc(-c2ccccn2)n1)C1CCCCC1. The van der Waals surface area contributed by atoms with Crippen molar-refractivity contribution in [2.75, 3.05) is 6.54 Å². The Balaban J connectivity index is 1.48. The average molecular weight is 298 g/mol. The molecule has 0 radical (unpaired) electrons. The molecule has 22 heavy (non-hydrogen) atoms. The van der Waals surface area contributed by atoms with Gasteiger partial charge in [-0.2, -0.15) is 5.10 Å². The van der Waals surface area contributed by atoms with Gasteiger partial charge in [0.05, 0.1) is 12.2 Å². The van der Waals surface area contributed by atoms with Crippen molar-refractivity contribution in [1.82, 2.24) is 20.1 Å². The Labute approximate surface area is 130 Å². The predicted molar refractivity (Wildman–Crippen MR) is 85.0 cm³/mol. The summed E-state index contributed by atoms with van der Waals surface area (Å²) in [6.07, 6.45) is 9.41. The maximum atomic E-state index is 12.1. The molecule has 1 fully saturated rings. The molecule has 1 N–H and O–H groups in total. The average Bonchev–Trinajstić information content (AvgIpc) is 3.05. The Hall–Kier alpha value is -2.17. The van der Waals surface area contributed by atoms with Crippen LogP contribution < -0.4 is 5.32 Å². The van der Waals surface area contributed by atoms with Gasteiger partial charge >= 0.3 is 0 Å². The summed E-state index contributed by atoms with van der Waals surface area (Å²) in [6, 6.07) is 7.73. The molecule has 5 nitrogen and oxygen atoms in total. The fraction of sp³-hybridized carbons (Fsp3) is 0.471. The lowest BCUT2D eigenvalue weighted by Crippen LogP contribution is -2.34. The third-order valence-electron chi connectivity index (χ3n) is 4.18. The molecule has 0 saturated heterocycles. The lowest BCUT2D eigenvalue weighted by Gasteiger charge is -2.20. The van der Waals surface area contributed by atoms with Gasteiger partial charge < -0.3 is 5.32 Å². The first kappa shape index (κ1) is 14.8. The fourth-order valence-corrected chi connectivity index (χ4v) is 2.94. The zero-order valence-electron chi connectivity index (χ0n) is 12.7. The van der Waals surface area contributed by atoms with E-state index < -0.39 is 0 Å². The summed E-state index contributed by atoms with van der Waals surface area (Å²) in [5.74, 6) is 0.423. The molecule has 1 aliphatic rings. The minimum Gasteiger partial charge on any atom is -0.354 e. The minimum atomic E-state index is 0.205. The quantitative estimate of drug-likeness (QED) is 0.923. The number of nitrogens with zero attached hydrogens (tertiary/aromatic N) is 3. The van der Waals surface area contributed by atoms with Crippen LogP contribution in [0.5, 0.6) is 0 Å². The molecule has 5 heteroatoms. The van der Waals surface area contributed by atoms with Gasteiger partial charge in [0, 0.05) is 24.9 Å². The predicted octanol–water partition coefficient (Wildman–Crippen LogP) is 2.64. The summed E-state index contributed by atoms with van der Waals surface area (Å²) in [7, 11) is 0. The Morgan fingerprint density at radius 3 is 2.82 bits per heavy atom. The van der Waals surface area contributed by atoms with Crippen LogP contribution in [-0.2, 0) is 11.3 Å². The number of rotatable bonds is 5. The number of amides is 1. The zero-order chi connectivity index (χ0) is 15.2. The number of carbonyl (C=O) groups is 1. The first-order valence-electron chi connectivity index (χ1n) is 8.05. The van der Waals surface area contributed by atoms with Crippen LogP contribution >= 0.6 is 0 Å². The number of hydrogen-bond donors (Lipinski definition) is 1. The smallest absolute Gasteiger partial charge is 0.223 e. The van der Waals surface area contributed by atoms with Crippen LogP contribution in [0, 0.1) is 5.92 Å². The van der Waals surface area contributed by atoms with Crippen molar-refractivity contribution < 1.29 is 4.79 Å². The molecular weight excluding hydrogens is 276 g/mol. The summed E-state index contributed by atoms with van der Waals surface area (Å²) in [6.45, 7) is 1.31. The lowest BCUT2D eigenvalue weighted by molar-refractivity contribution is -0.125. The van der Waals surface area contributed by atoms with Crippen LogP contribution in [0.1, 0.15) is 32.1 Å². The summed E-state index contributed by atoms with van der Waals surface area (Å²) in [5, 5.41) is 7.53. The second-order valence-corrected chi connectivity index (χ2v) is 5.80. The first-order chi connectivity index (χ1) is 10.8. The van der Waals surface area contributed by atoms with Gasteiger partial charge in [-0.1, -0.05) is 25.3 Å². The molecule has 2 heterocycles. The second-order valence-electron chi connectivity index (χ2n) is 5.80. The zero-order valence-corrected chi connectivity index (χ0v) is 12.7. The summed E-state index contributed by atoms with van der Waals surface area (Å²) in [5.41, 5.74) is 1.73. The Kier molecular flexibility index (Phi) is 4.83. The molecule has 0 aromatic carbocycles. The molecule has 0 spiro atoms. The maximum absolute atomic E-state index is 12.1. The van der Waals surface area contributed by atoms with Crippen molar-refractivity contribution in [3.8, 4) is 11.4 Å². The van der Waals surface area contributed by atoms with E-state index in [2.05, 4.69) is 15.4 Å². The molecule has 0 unspecified atom stereocenters. The minimum absolute atomic E-state index is 0.205. The van der Waals surface area contributed by atoms with E-state index in [1.165, 1.54) is 19.3 Å². The van der Waals surface area contributed by atoms with Crippen molar-refractivity contribution >= 4 is 5.91 Å². The molecule has 1 aliphatic carbocycles. The molecule has 1 amide bonds. The van der Waals surface area contributed by atoms with Crippen molar-refractivity contribution in [2.24, 2.45) is 5.92 Å². The van der Waals surface area contributed by atoms with Crippen LogP contribution in [0.2, 0.25) is 0 Å². The molecule has 0 aliphatic heterocycles. The van der Waals surface area contributed by atoms with Gasteiger partial charge in [0.1, 0.15) is 5.69 Å². The lowest BCUT2D eigenvalue weighted by atomic mass is 9.89. The van der Waals surface area contributed by atoms with Gasteiger partial charge in [0.2, 0.25) is 5.91 Å². The van der Waals surface area contributed by atoms with Gasteiger partial charge in [-0.15, -0.1) is 0 Å². The van der Waals surface area contributed by atoms with Gasteiger partial charge in [0.25, 0.3) is 0 Å². The summed E-state index contributed by atoms with van der Waals surface area (Å²) < 4.78 is 1.85. The standard InChI is InChI=1S/C17H22N4O/c22-17(14-6-2-1-3-7-14)19-11-13-21-12-9-16(20-21)15-8-4-5-10-18-15/h4-5,8-10,12,14H,1-3,6-7,11,13H2,(H,19,22). The third-order valence-corrected chi connectivity index (χ3v) is 4.18. The molecule has 0 bridgehead atoms. The van der Waals surface area contributed by atoms with Crippen molar-refractivity contribution in [3.63, 3.8) is 0 Å². The highest BCUT2D eigenvalue weighted by Gasteiger charge is 2.20. The molecule has 3 rings (SSSR count). The van der Waals surface area contributed by atoms with E-state index in [-0.39, 0.29) is 11.8 Å². The molecule has 2 aromatic heterocycles. The molecule has 1 saturated carbocycles. The Morgan fingerprint density at radius 2 is 2.05 bits per heavy atom. The van der Waals surface area contributed by atoms with Crippen molar-refractivity contribution in [2.45, 2.75) is 38.6 Å². The largest absolute Gasteiger partial charge is 0.354 e. The monoisotopic (exact) mass is 298 g/mol. The number of nitrogens with one attached hydrogen (secondary N) is 1. The summed E-state index contributed by atoms with van der Waals surface area (Å²) >= 11 is 0. The van der Waals surface area contributed by atoms with E-state index in [9.17, 15) is 4.79 Å². The second kappa shape index (κ2) is 7.20. The number of carbonyl (C=O) groups excluding carboxylic acids is 1. The van der Waals surface area contributed by atoms with Crippen molar-refractivity contribution in [3.05, 3.63) is 36.7 Å². The number of hydrogen-bond acceptors (Lipinski definition) is 3. The third kappa shape index (κ3) is 3.72. The van der Waals surface area contributed by atoms with E-state index in [1.54, 1.807) is 6.20 Å². The topological polar surface area (TPSA) is 59.8 Å². The van der Waals surface area contributed by atoms with Crippen LogP contribution in [-0.4, -0.2) is 27.2 Å². The number of pyridine rings is 1. The highest BCUT2D eigenvalue weighted by atomic mass is 16.1. The van der Waals surface area contributed by atoms with E-state index in [0.29, 0.717) is 13.1 Å². The van der Waals surface area contributed by atoms with E-state index in [0.717, 1.165) is 24.2 Å². The van der Waals surface area contributed by atoms with Gasteiger partial charge in [-0.3, -0.25) is 14.5 Å². The fourth-order valence-electron chi connectivity index (χ4n) is 2.94. The molecule has 0 atom stereocenters. The maximum Gasteiger partial charge on any atom is 0.223 e. The van der Waals surface area contributed by atoms with Crippen LogP contribution in [0.3, 0.4) is 0 Å². The Morgan fingerprint density at radius 1 is 1.18 bits per heavy atom. The van der Waals surface area contributed by atoms with Crippen LogP contribution in [0.25, 0.3) is 11.4 Å². The molecule has 116 valence electrons. The summed E-state index contributed by atoms with van der Waals surface area (Å²) in [4.78, 5) is 16.4. The normalized spacial score (nSPS) is 15.6. The first-order valence-corrected chi connectivity index (χ1v) is 8.05. The van der Waals surface area contributed by atoms with Crippen LogP contribution in [0.15, 0.2) is 36.7 Å². The highest BCUT2D eigenvalue weighted by Crippen LogP contribution is 2.23.